The highest BCUT2D eigenvalue weighted by Crippen LogP contribution is 2.17. The smallest absolute Gasteiger partial charge is 0.176 e. The van der Waals surface area contributed by atoms with E-state index in [9.17, 15) is 4.79 Å². The van der Waals surface area contributed by atoms with E-state index >= 15 is 0 Å². The summed E-state index contributed by atoms with van der Waals surface area (Å²) in [6.45, 7) is 8.74. The van der Waals surface area contributed by atoms with Gasteiger partial charge in [-0.25, -0.2) is 0 Å². The predicted octanol–water partition coefficient (Wildman–Crippen LogP) is 2.52. The fourth-order valence-corrected chi connectivity index (χ4v) is 3.17. The molecule has 1 fully saturated rings. The number of piperazine rings is 1. The maximum Gasteiger partial charge on any atom is 0.176 e. The van der Waals surface area contributed by atoms with Crippen molar-refractivity contribution in [2.75, 3.05) is 39.8 Å². The second-order valence-corrected chi connectivity index (χ2v) is 6.50. The molecule has 1 aromatic carbocycles. The van der Waals surface area contributed by atoms with Gasteiger partial charge in [-0.05, 0) is 57.3 Å². The van der Waals surface area contributed by atoms with Gasteiger partial charge in [0.25, 0.3) is 0 Å². The molecule has 0 radical (unpaired) electrons. The summed E-state index contributed by atoms with van der Waals surface area (Å²) in [6.07, 6.45) is 0. The molecule has 122 valence electrons. The largest absolute Gasteiger partial charge is 0.319 e. The molecule has 0 saturated carbocycles. The van der Waals surface area contributed by atoms with Crippen molar-refractivity contribution in [3.05, 3.63) is 53.3 Å². The molecule has 3 rings (SSSR count). The van der Waals surface area contributed by atoms with Gasteiger partial charge in [-0.2, -0.15) is 0 Å². The van der Waals surface area contributed by atoms with Crippen molar-refractivity contribution in [1.29, 1.82) is 0 Å². The van der Waals surface area contributed by atoms with E-state index in [1.807, 2.05) is 24.3 Å². The molecular formula is C19H25N3O. The number of benzene rings is 1. The van der Waals surface area contributed by atoms with Crippen LogP contribution in [0.15, 0.2) is 36.4 Å². The van der Waals surface area contributed by atoms with Crippen LogP contribution in [0.2, 0.25) is 0 Å². The SMILES string of the molecule is Cc1ccc(C)n1-c1ccc(C(=O)CN2CCN(C)CC2)cc1. The second-order valence-electron chi connectivity index (χ2n) is 6.50. The lowest BCUT2D eigenvalue weighted by Gasteiger charge is -2.31. The molecule has 0 unspecified atom stereocenters. The van der Waals surface area contributed by atoms with Crippen LogP contribution in [0.1, 0.15) is 21.7 Å². The van der Waals surface area contributed by atoms with Crippen molar-refractivity contribution >= 4 is 5.78 Å². The Bertz CT molecular complexity index is 660. The number of nitrogens with zero attached hydrogens (tertiary/aromatic N) is 3. The van der Waals surface area contributed by atoms with Crippen molar-refractivity contribution in [2.45, 2.75) is 13.8 Å². The van der Waals surface area contributed by atoms with Crippen molar-refractivity contribution in [2.24, 2.45) is 0 Å². The standard InChI is InChI=1S/C19H25N3O/c1-15-4-5-16(2)22(15)18-8-6-17(7-9-18)19(23)14-21-12-10-20(3)11-13-21/h4-9H,10-14H2,1-3H3. The van der Waals surface area contributed by atoms with E-state index in [2.05, 4.69) is 47.4 Å². The quantitative estimate of drug-likeness (QED) is 0.812. The lowest BCUT2D eigenvalue weighted by atomic mass is 10.1. The number of likely N-dealkylation sites (N-methyl/N-ethyl adjacent to an activating group) is 1. The summed E-state index contributed by atoms with van der Waals surface area (Å²) in [5, 5.41) is 0. The molecule has 0 spiro atoms. The van der Waals surface area contributed by atoms with Gasteiger partial charge in [-0.15, -0.1) is 0 Å². The molecule has 4 heteroatoms. The first kappa shape index (κ1) is 16.0. The topological polar surface area (TPSA) is 28.5 Å². The van der Waals surface area contributed by atoms with Gasteiger partial charge < -0.3 is 9.47 Å². The Morgan fingerprint density at radius 3 is 2.04 bits per heavy atom. The van der Waals surface area contributed by atoms with E-state index in [1.54, 1.807) is 0 Å². The van der Waals surface area contributed by atoms with Gasteiger partial charge in [0.1, 0.15) is 0 Å². The zero-order valence-electron chi connectivity index (χ0n) is 14.2. The zero-order chi connectivity index (χ0) is 16.4. The third-order valence-corrected chi connectivity index (χ3v) is 4.68. The van der Waals surface area contributed by atoms with Crippen LogP contribution in [0.25, 0.3) is 5.69 Å². The van der Waals surface area contributed by atoms with Crippen LogP contribution in [-0.4, -0.2) is 59.9 Å². The summed E-state index contributed by atoms with van der Waals surface area (Å²) < 4.78 is 2.20. The monoisotopic (exact) mass is 311 g/mol. The minimum Gasteiger partial charge on any atom is -0.319 e. The van der Waals surface area contributed by atoms with Gasteiger partial charge in [0.15, 0.2) is 5.78 Å². The molecule has 4 nitrogen and oxygen atoms in total. The summed E-state index contributed by atoms with van der Waals surface area (Å²) in [6, 6.07) is 12.2. The van der Waals surface area contributed by atoms with Crippen LogP contribution in [0, 0.1) is 13.8 Å². The molecule has 2 aromatic rings. The summed E-state index contributed by atoms with van der Waals surface area (Å²) in [5.41, 5.74) is 4.33. The van der Waals surface area contributed by atoms with E-state index in [0.29, 0.717) is 6.54 Å². The molecule has 0 bridgehead atoms. The fourth-order valence-electron chi connectivity index (χ4n) is 3.17. The number of ketones is 1. The highest BCUT2D eigenvalue weighted by atomic mass is 16.1. The van der Waals surface area contributed by atoms with Crippen molar-refractivity contribution in [3.8, 4) is 5.69 Å². The molecule has 2 heterocycles. The van der Waals surface area contributed by atoms with Crippen LogP contribution >= 0.6 is 0 Å². The average Bonchev–Trinajstić information content (AvgIpc) is 2.88. The van der Waals surface area contributed by atoms with Crippen LogP contribution in [-0.2, 0) is 0 Å². The van der Waals surface area contributed by atoms with Gasteiger partial charge in [0, 0.05) is 48.8 Å². The molecule has 0 atom stereocenters. The Hall–Kier alpha value is -1.91. The molecule has 1 aromatic heterocycles. The first-order valence-corrected chi connectivity index (χ1v) is 8.24. The van der Waals surface area contributed by atoms with Crippen molar-refractivity contribution < 1.29 is 4.79 Å². The van der Waals surface area contributed by atoms with E-state index in [-0.39, 0.29) is 5.78 Å². The lowest BCUT2D eigenvalue weighted by molar-refractivity contribution is 0.0876. The number of aromatic nitrogens is 1. The minimum absolute atomic E-state index is 0.210. The molecule has 1 aliphatic rings. The highest BCUT2D eigenvalue weighted by molar-refractivity contribution is 5.97. The van der Waals surface area contributed by atoms with Crippen LogP contribution in [0.5, 0.6) is 0 Å². The molecule has 0 amide bonds. The molecule has 1 saturated heterocycles. The van der Waals surface area contributed by atoms with Crippen molar-refractivity contribution in [1.82, 2.24) is 14.4 Å². The number of aryl methyl sites for hydroxylation is 2. The lowest BCUT2D eigenvalue weighted by Crippen LogP contribution is -2.46. The van der Waals surface area contributed by atoms with Crippen LogP contribution in [0.3, 0.4) is 0 Å². The Morgan fingerprint density at radius 2 is 1.48 bits per heavy atom. The summed E-state index contributed by atoms with van der Waals surface area (Å²) in [5.74, 6) is 0.210. The first-order chi connectivity index (χ1) is 11.0. The maximum absolute atomic E-state index is 12.5. The summed E-state index contributed by atoms with van der Waals surface area (Å²) in [7, 11) is 2.13. The Labute approximate surface area is 138 Å². The van der Waals surface area contributed by atoms with Gasteiger partial charge >= 0.3 is 0 Å². The Morgan fingerprint density at radius 1 is 0.913 bits per heavy atom. The summed E-state index contributed by atoms with van der Waals surface area (Å²) in [4.78, 5) is 17.0. The number of Topliss-reactive ketones (excluding diaryl/α,β-unsaturated/α-hetero) is 1. The Kier molecular flexibility index (Phi) is 4.64. The molecule has 0 N–H and O–H groups in total. The van der Waals surface area contributed by atoms with E-state index in [4.69, 9.17) is 0 Å². The van der Waals surface area contributed by atoms with Gasteiger partial charge in [-0.1, -0.05) is 0 Å². The van der Waals surface area contributed by atoms with E-state index in [0.717, 1.165) is 37.4 Å². The van der Waals surface area contributed by atoms with Gasteiger partial charge in [-0.3, -0.25) is 9.69 Å². The summed E-state index contributed by atoms with van der Waals surface area (Å²) >= 11 is 0. The zero-order valence-corrected chi connectivity index (χ0v) is 14.2. The fraction of sp³-hybridized carbons (Fsp3) is 0.421. The van der Waals surface area contributed by atoms with Crippen LogP contribution < -0.4 is 0 Å². The minimum atomic E-state index is 0.210. The predicted molar refractivity (Wildman–Crippen MR) is 93.5 cm³/mol. The molecule has 1 aliphatic heterocycles. The molecule has 0 aliphatic carbocycles. The number of carbonyl (C=O) groups is 1. The van der Waals surface area contributed by atoms with E-state index in [1.165, 1.54) is 11.4 Å². The number of rotatable bonds is 4. The third-order valence-electron chi connectivity index (χ3n) is 4.68. The molecule has 23 heavy (non-hydrogen) atoms. The normalized spacial score (nSPS) is 16.7. The highest BCUT2D eigenvalue weighted by Gasteiger charge is 2.17. The maximum atomic E-state index is 12.5. The molecular weight excluding hydrogens is 286 g/mol. The third kappa shape index (κ3) is 3.54. The average molecular weight is 311 g/mol. The van der Waals surface area contributed by atoms with Gasteiger partial charge in [0.2, 0.25) is 0 Å². The first-order valence-electron chi connectivity index (χ1n) is 8.24. The Balaban J connectivity index is 1.68. The number of hydrogen-bond donors (Lipinski definition) is 0. The number of carbonyl (C=O) groups excluding carboxylic acids is 1. The van der Waals surface area contributed by atoms with Gasteiger partial charge in [0.05, 0.1) is 6.54 Å². The van der Waals surface area contributed by atoms with Crippen LogP contribution in [0.4, 0.5) is 0 Å². The number of hydrogen-bond acceptors (Lipinski definition) is 3. The second kappa shape index (κ2) is 6.69. The van der Waals surface area contributed by atoms with Crippen molar-refractivity contribution in [3.63, 3.8) is 0 Å². The van der Waals surface area contributed by atoms with E-state index < -0.39 is 0 Å².